The third-order valence-corrected chi connectivity index (χ3v) is 3.32. The molecule has 6 heteroatoms. The minimum absolute atomic E-state index is 0.261. The molecule has 1 amide bonds. The van der Waals surface area contributed by atoms with Gasteiger partial charge in [0.05, 0.1) is 25.5 Å². The Bertz CT molecular complexity index is 826. The molecule has 0 radical (unpaired) electrons. The summed E-state index contributed by atoms with van der Waals surface area (Å²) in [6.07, 6.45) is 5.28. The van der Waals surface area contributed by atoms with Gasteiger partial charge in [-0.1, -0.05) is 0 Å². The first-order valence-corrected chi connectivity index (χ1v) is 6.68. The van der Waals surface area contributed by atoms with Crippen LogP contribution in [0.15, 0.2) is 48.9 Å². The number of methoxy groups -OCH3 is 2. The molecule has 1 aromatic carbocycles. The first kappa shape index (κ1) is 13.9. The summed E-state index contributed by atoms with van der Waals surface area (Å²) in [5.41, 5.74) is 1.62. The van der Waals surface area contributed by atoms with Crippen LogP contribution in [0, 0.1) is 0 Å². The molecular formula is C16H15N3O3. The van der Waals surface area contributed by atoms with Crippen molar-refractivity contribution in [2.45, 2.75) is 0 Å². The molecule has 22 heavy (non-hydrogen) atoms. The van der Waals surface area contributed by atoms with Gasteiger partial charge in [0.25, 0.3) is 5.91 Å². The van der Waals surface area contributed by atoms with Crippen molar-refractivity contribution in [1.29, 1.82) is 0 Å². The van der Waals surface area contributed by atoms with E-state index in [1.807, 2.05) is 6.20 Å². The Morgan fingerprint density at radius 1 is 1.18 bits per heavy atom. The first-order valence-electron chi connectivity index (χ1n) is 6.68. The number of hydrogen-bond donors (Lipinski definition) is 1. The molecule has 0 saturated carbocycles. The van der Waals surface area contributed by atoms with Crippen LogP contribution in [0.25, 0.3) is 5.65 Å². The fourth-order valence-electron chi connectivity index (χ4n) is 2.23. The summed E-state index contributed by atoms with van der Waals surface area (Å²) in [6, 6.07) is 8.74. The van der Waals surface area contributed by atoms with Gasteiger partial charge in [-0.2, -0.15) is 0 Å². The van der Waals surface area contributed by atoms with E-state index >= 15 is 0 Å². The molecule has 3 rings (SSSR count). The lowest BCUT2D eigenvalue weighted by Crippen LogP contribution is -2.14. The largest absolute Gasteiger partial charge is 0.497 e. The summed E-state index contributed by atoms with van der Waals surface area (Å²) in [5, 5.41) is 2.84. The third-order valence-electron chi connectivity index (χ3n) is 3.32. The normalized spacial score (nSPS) is 10.5. The number of hydrogen-bond acceptors (Lipinski definition) is 4. The molecule has 0 aliphatic heterocycles. The predicted molar refractivity (Wildman–Crippen MR) is 82.7 cm³/mol. The lowest BCUT2D eigenvalue weighted by Gasteiger charge is -2.12. The molecule has 0 aliphatic carbocycles. The highest BCUT2D eigenvalue weighted by Crippen LogP contribution is 2.29. The van der Waals surface area contributed by atoms with Crippen LogP contribution in [0.4, 0.5) is 5.69 Å². The summed E-state index contributed by atoms with van der Waals surface area (Å²) in [5.74, 6) is 0.933. The number of anilines is 1. The van der Waals surface area contributed by atoms with Crippen LogP contribution >= 0.6 is 0 Å². The first-order chi connectivity index (χ1) is 10.7. The highest BCUT2D eigenvalue weighted by atomic mass is 16.5. The average Bonchev–Trinajstić information content (AvgIpc) is 3.03. The van der Waals surface area contributed by atoms with Gasteiger partial charge < -0.3 is 19.2 Å². The Kier molecular flexibility index (Phi) is 3.65. The van der Waals surface area contributed by atoms with E-state index in [2.05, 4.69) is 10.3 Å². The van der Waals surface area contributed by atoms with Crippen LogP contribution in [-0.4, -0.2) is 29.5 Å². The van der Waals surface area contributed by atoms with Crippen molar-refractivity contribution in [2.75, 3.05) is 19.5 Å². The standard InChI is InChI=1S/C16H15N3O3/c1-21-11-5-6-14(22-2)13(10-11)18-16(20)12-4-3-8-19-9-7-17-15(12)19/h3-10H,1-2H3,(H,18,20). The Hall–Kier alpha value is -3.02. The molecule has 0 unspecified atom stereocenters. The van der Waals surface area contributed by atoms with Crippen LogP contribution in [0.5, 0.6) is 11.5 Å². The van der Waals surface area contributed by atoms with E-state index in [0.717, 1.165) is 0 Å². The topological polar surface area (TPSA) is 64.9 Å². The zero-order valence-electron chi connectivity index (χ0n) is 12.2. The summed E-state index contributed by atoms with van der Waals surface area (Å²) in [4.78, 5) is 16.7. The quantitative estimate of drug-likeness (QED) is 0.804. The summed E-state index contributed by atoms with van der Waals surface area (Å²) in [7, 11) is 3.12. The highest BCUT2D eigenvalue weighted by Gasteiger charge is 2.14. The maximum absolute atomic E-state index is 12.5. The molecule has 6 nitrogen and oxygen atoms in total. The smallest absolute Gasteiger partial charge is 0.259 e. The summed E-state index contributed by atoms with van der Waals surface area (Å²) < 4.78 is 12.2. The Labute approximate surface area is 127 Å². The van der Waals surface area contributed by atoms with Gasteiger partial charge in [0, 0.05) is 24.7 Å². The van der Waals surface area contributed by atoms with E-state index in [-0.39, 0.29) is 5.91 Å². The van der Waals surface area contributed by atoms with Crippen LogP contribution < -0.4 is 14.8 Å². The van der Waals surface area contributed by atoms with Crippen molar-refractivity contribution < 1.29 is 14.3 Å². The second kappa shape index (κ2) is 5.77. The number of rotatable bonds is 4. The zero-order valence-corrected chi connectivity index (χ0v) is 12.2. The van der Waals surface area contributed by atoms with Gasteiger partial charge in [-0.15, -0.1) is 0 Å². The SMILES string of the molecule is COc1ccc(OC)c(NC(=O)c2cccn3ccnc23)c1. The number of ether oxygens (including phenoxy) is 2. The molecule has 2 heterocycles. The van der Waals surface area contributed by atoms with Crippen LogP contribution in [0.2, 0.25) is 0 Å². The van der Waals surface area contributed by atoms with Gasteiger partial charge >= 0.3 is 0 Å². The number of nitrogens with zero attached hydrogens (tertiary/aromatic N) is 2. The number of pyridine rings is 1. The van der Waals surface area contributed by atoms with Gasteiger partial charge in [0.1, 0.15) is 17.1 Å². The number of fused-ring (bicyclic) bond motifs is 1. The third kappa shape index (κ3) is 2.46. The Morgan fingerprint density at radius 3 is 2.82 bits per heavy atom. The van der Waals surface area contributed by atoms with E-state index in [4.69, 9.17) is 9.47 Å². The van der Waals surface area contributed by atoms with Gasteiger partial charge in [-0.25, -0.2) is 4.98 Å². The number of benzene rings is 1. The second-order valence-corrected chi connectivity index (χ2v) is 4.60. The molecule has 112 valence electrons. The van der Waals surface area contributed by atoms with Gasteiger partial charge in [0.15, 0.2) is 0 Å². The van der Waals surface area contributed by atoms with E-state index in [1.54, 1.807) is 61.3 Å². The monoisotopic (exact) mass is 297 g/mol. The number of nitrogens with one attached hydrogen (secondary N) is 1. The van der Waals surface area contributed by atoms with Crippen molar-refractivity contribution in [3.63, 3.8) is 0 Å². The lowest BCUT2D eigenvalue weighted by molar-refractivity contribution is 0.102. The van der Waals surface area contributed by atoms with Crippen molar-refractivity contribution in [1.82, 2.24) is 9.38 Å². The van der Waals surface area contributed by atoms with Crippen molar-refractivity contribution in [2.24, 2.45) is 0 Å². The highest BCUT2D eigenvalue weighted by molar-refractivity contribution is 6.08. The van der Waals surface area contributed by atoms with Gasteiger partial charge in [0.2, 0.25) is 0 Å². The maximum Gasteiger partial charge on any atom is 0.259 e. The Balaban J connectivity index is 1.96. The zero-order chi connectivity index (χ0) is 15.5. The number of amides is 1. The molecule has 1 N–H and O–H groups in total. The molecule has 0 saturated heterocycles. The molecule has 0 spiro atoms. The van der Waals surface area contributed by atoms with Crippen LogP contribution in [0.1, 0.15) is 10.4 Å². The molecule has 0 bridgehead atoms. The molecule has 2 aromatic heterocycles. The maximum atomic E-state index is 12.5. The Morgan fingerprint density at radius 2 is 2.05 bits per heavy atom. The summed E-state index contributed by atoms with van der Waals surface area (Å²) in [6.45, 7) is 0. The molecule has 0 fully saturated rings. The second-order valence-electron chi connectivity index (χ2n) is 4.60. The van der Waals surface area contributed by atoms with Crippen molar-refractivity contribution in [3.8, 4) is 11.5 Å². The predicted octanol–water partition coefficient (Wildman–Crippen LogP) is 2.60. The fraction of sp³-hybridized carbons (Fsp3) is 0.125. The van der Waals surface area contributed by atoms with Crippen LogP contribution in [-0.2, 0) is 0 Å². The number of aromatic nitrogens is 2. The minimum Gasteiger partial charge on any atom is -0.497 e. The minimum atomic E-state index is -0.261. The molecular weight excluding hydrogens is 282 g/mol. The van der Waals surface area contributed by atoms with Gasteiger partial charge in [-0.3, -0.25) is 4.79 Å². The fourth-order valence-corrected chi connectivity index (χ4v) is 2.23. The van der Waals surface area contributed by atoms with Crippen LogP contribution in [0.3, 0.4) is 0 Å². The van der Waals surface area contributed by atoms with E-state index in [0.29, 0.717) is 28.4 Å². The molecule has 0 aliphatic rings. The van der Waals surface area contributed by atoms with E-state index < -0.39 is 0 Å². The average molecular weight is 297 g/mol. The number of imidazole rings is 1. The van der Waals surface area contributed by atoms with Gasteiger partial charge in [-0.05, 0) is 24.3 Å². The number of carbonyl (C=O) groups is 1. The van der Waals surface area contributed by atoms with Crippen molar-refractivity contribution in [3.05, 3.63) is 54.5 Å². The van der Waals surface area contributed by atoms with E-state index in [1.165, 1.54) is 0 Å². The summed E-state index contributed by atoms with van der Waals surface area (Å²) >= 11 is 0. The molecule has 0 atom stereocenters. The molecule has 3 aromatic rings. The van der Waals surface area contributed by atoms with Crippen molar-refractivity contribution >= 4 is 17.2 Å². The lowest BCUT2D eigenvalue weighted by atomic mass is 10.2. The number of carbonyl (C=O) groups excluding carboxylic acids is 1. The van der Waals surface area contributed by atoms with E-state index in [9.17, 15) is 4.79 Å².